The molecule has 5 heteroatoms. The molecule has 4 rings (SSSR count). The Labute approximate surface area is 177 Å². The van der Waals surface area contributed by atoms with Crippen LogP contribution in [0, 0.1) is 0 Å². The van der Waals surface area contributed by atoms with Crippen molar-refractivity contribution in [1.29, 1.82) is 0 Å². The summed E-state index contributed by atoms with van der Waals surface area (Å²) >= 11 is 0. The minimum Gasteiger partial charge on any atom is -0.481 e. The van der Waals surface area contributed by atoms with Gasteiger partial charge >= 0.3 is 0 Å². The van der Waals surface area contributed by atoms with Crippen LogP contribution in [0.3, 0.4) is 0 Å². The van der Waals surface area contributed by atoms with E-state index < -0.39 is 6.10 Å². The molecular weight excluding hydrogens is 376 g/mol. The molecule has 0 bridgehead atoms. The standard InChI is InChI=1S/C25H26N2O3/c1-19(30-24-13-7-21(8-14-24)20-5-3-2-4-6-20)25(28)26-22-9-11-23(12-10-22)27-15-17-29-18-16-27/h2-14,19H,15-18H2,1H3,(H,26,28)/t19-/m0/s1. The maximum Gasteiger partial charge on any atom is 0.265 e. The van der Waals surface area contributed by atoms with E-state index in [2.05, 4.69) is 22.3 Å². The van der Waals surface area contributed by atoms with Gasteiger partial charge in [-0.1, -0.05) is 42.5 Å². The molecule has 3 aromatic rings. The van der Waals surface area contributed by atoms with Gasteiger partial charge in [-0.3, -0.25) is 4.79 Å². The molecule has 0 aromatic heterocycles. The Bertz CT molecular complexity index is 950. The van der Waals surface area contributed by atoms with Crippen molar-refractivity contribution in [3.05, 3.63) is 78.9 Å². The Hall–Kier alpha value is -3.31. The average Bonchev–Trinajstić information content (AvgIpc) is 2.81. The molecule has 1 aliphatic rings. The van der Waals surface area contributed by atoms with Crippen molar-refractivity contribution >= 4 is 17.3 Å². The number of morpholine rings is 1. The van der Waals surface area contributed by atoms with Crippen molar-refractivity contribution in [3.8, 4) is 16.9 Å². The van der Waals surface area contributed by atoms with Gasteiger partial charge in [0.05, 0.1) is 13.2 Å². The maximum atomic E-state index is 12.5. The molecule has 1 atom stereocenters. The summed E-state index contributed by atoms with van der Waals surface area (Å²) in [5, 5.41) is 2.92. The molecule has 3 aromatic carbocycles. The second kappa shape index (κ2) is 9.46. The van der Waals surface area contributed by atoms with E-state index in [-0.39, 0.29) is 5.91 Å². The van der Waals surface area contributed by atoms with Gasteiger partial charge in [-0.25, -0.2) is 0 Å². The van der Waals surface area contributed by atoms with Crippen LogP contribution in [-0.4, -0.2) is 38.3 Å². The highest BCUT2D eigenvalue weighted by Crippen LogP contribution is 2.23. The number of nitrogens with one attached hydrogen (secondary N) is 1. The predicted molar refractivity (Wildman–Crippen MR) is 120 cm³/mol. The number of hydrogen-bond acceptors (Lipinski definition) is 4. The van der Waals surface area contributed by atoms with Gasteiger partial charge in [0.2, 0.25) is 0 Å². The third-order valence-electron chi connectivity index (χ3n) is 5.15. The van der Waals surface area contributed by atoms with Crippen LogP contribution in [0.2, 0.25) is 0 Å². The minimum absolute atomic E-state index is 0.179. The molecule has 0 spiro atoms. The fraction of sp³-hybridized carbons (Fsp3) is 0.240. The molecule has 0 radical (unpaired) electrons. The van der Waals surface area contributed by atoms with Crippen LogP contribution in [0.15, 0.2) is 78.9 Å². The van der Waals surface area contributed by atoms with Gasteiger partial charge in [0.15, 0.2) is 6.10 Å². The summed E-state index contributed by atoms with van der Waals surface area (Å²) in [6.45, 7) is 5.03. The number of amides is 1. The minimum atomic E-state index is -0.605. The first-order valence-electron chi connectivity index (χ1n) is 10.2. The predicted octanol–water partition coefficient (Wildman–Crippen LogP) is 4.60. The van der Waals surface area contributed by atoms with Crippen molar-refractivity contribution < 1.29 is 14.3 Å². The van der Waals surface area contributed by atoms with E-state index in [1.165, 1.54) is 0 Å². The van der Waals surface area contributed by atoms with Gasteiger partial charge in [0.1, 0.15) is 5.75 Å². The quantitative estimate of drug-likeness (QED) is 0.655. The largest absolute Gasteiger partial charge is 0.481 e. The lowest BCUT2D eigenvalue weighted by molar-refractivity contribution is -0.122. The zero-order chi connectivity index (χ0) is 20.8. The van der Waals surface area contributed by atoms with Gasteiger partial charge in [0, 0.05) is 24.5 Å². The molecule has 154 valence electrons. The van der Waals surface area contributed by atoms with E-state index in [9.17, 15) is 4.79 Å². The molecule has 1 saturated heterocycles. The first-order valence-corrected chi connectivity index (χ1v) is 10.2. The normalized spacial score (nSPS) is 14.8. The van der Waals surface area contributed by atoms with Gasteiger partial charge in [-0.2, -0.15) is 0 Å². The van der Waals surface area contributed by atoms with E-state index in [0.717, 1.165) is 48.8 Å². The Morgan fingerprint density at radius 2 is 1.53 bits per heavy atom. The number of anilines is 2. The Kier molecular flexibility index (Phi) is 6.30. The van der Waals surface area contributed by atoms with Crippen molar-refractivity contribution in [2.24, 2.45) is 0 Å². The van der Waals surface area contributed by atoms with Gasteiger partial charge in [0.25, 0.3) is 5.91 Å². The van der Waals surface area contributed by atoms with Gasteiger partial charge in [-0.15, -0.1) is 0 Å². The molecule has 1 amide bonds. The summed E-state index contributed by atoms with van der Waals surface area (Å²) in [7, 11) is 0. The topological polar surface area (TPSA) is 50.8 Å². The molecule has 0 saturated carbocycles. The monoisotopic (exact) mass is 402 g/mol. The smallest absolute Gasteiger partial charge is 0.265 e. The number of hydrogen-bond donors (Lipinski definition) is 1. The molecule has 5 nitrogen and oxygen atoms in total. The summed E-state index contributed by atoms with van der Waals surface area (Å²) in [6, 6.07) is 25.8. The van der Waals surface area contributed by atoms with E-state index in [0.29, 0.717) is 5.75 Å². The summed E-state index contributed by atoms with van der Waals surface area (Å²) in [4.78, 5) is 14.8. The Morgan fingerprint density at radius 3 is 2.20 bits per heavy atom. The number of ether oxygens (including phenoxy) is 2. The van der Waals surface area contributed by atoms with E-state index >= 15 is 0 Å². The van der Waals surface area contributed by atoms with Crippen LogP contribution >= 0.6 is 0 Å². The molecule has 30 heavy (non-hydrogen) atoms. The molecule has 1 fully saturated rings. The Morgan fingerprint density at radius 1 is 0.900 bits per heavy atom. The molecular formula is C25H26N2O3. The van der Waals surface area contributed by atoms with Crippen LogP contribution in [0.4, 0.5) is 11.4 Å². The van der Waals surface area contributed by atoms with E-state index in [1.54, 1.807) is 6.92 Å². The third kappa shape index (κ3) is 4.99. The summed E-state index contributed by atoms with van der Waals surface area (Å²) in [5.41, 5.74) is 4.15. The molecule has 0 unspecified atom stereocenters. The maximum absolute atomic E-state index is 12.5. The average molecular weight is 402 g/mol. The fourth-order valence-corrected chi connectivity index (χ4v) is 3.44. The van der Waals surface area contributed by atoms with Gasteiger partial charge in [-0.05, 0) is 54.4 Å². The van der Waals surface area contributed by atoms with Crippen molar-refractivity contribution in [3.63, 3.8) is 0 Å². The first kappa shape index (κ1) is 20.0. The van der Waals surface area contributed by atoms with E-state index in [1.807, 2.05) is 66.7 Å². The van der Waals surface area contributed by atoms with Crippen molar-refractivity contribution in [1.82, 2.24) is 0 Å². The highest BCUT2D eigenvalue weighted by atomic mass is 16.5. The summed E-state index contributed by atoms with van der Waals surface area (Å²) < 4.78 is 11.2. The fourth-order valence-electron chi connectivity index (χ4n) is 3.44. The lowest BCUT2D eigenvalue weighted by atomic mass is 10.1. The first-order chi connectivity index (χ1) is 14.7. The van der Waals surface area contributed by atoms with Crippen molar-refractivity contribution in [2.75, 3.05) is 36.5 Å². The molecule has 0 aliphatic carbocycles. The SMILES string of the molecule is C[C@H](Oc1ccc(-c2ccccc2)cc1)C(=O)Nc1ccc(N2CCOCC2)cc1. The molecule has 1 aliphatic heterocycles. The van der Waals surface area contributed by atoms with Gasteiger partial charge < -0.3 is 19.7 Å². The molecule has 1 N–H and O–H groups in total. The second-order valence-corrected chi connectivity index (χ2v) is 7.29. The number of carbonyl (C=O) groups is 1. The lowest BCUT2D eigenvalue weighted by Gasteiger charge is -2.29. The lowest BCUT2D eigenvalue weighted by Crippen LogP contribution is -2.36. The highest BCUT2D eigenvalue weighted by Gasteiger charge is 2.16. The summed E-state index contributed by atoms with van der Waals surface area (Å²) in [5.74, 6) is 0.487. The highest BCUT2D eigenvalue weighted by molar-refractivity contribution is 5.94. The third-order valence-corrected chi connectivity index (χ3v) is 5.15. The Balaban J connectivity index is 1.32. The molecule has 1 heterocycles. The summed E-state index contributed by atoms with van der Waals surface area (Å²) in [6.07, 6.45) is -0.605. The zero-order valence-electron chi connectivity index (χ0n) is 17.1. The van der Waals surface area contributed by atoms with Crippen molar-refractivity contribution in [2.45, 2.75) is 13.0 Å². The number of benzene rings is 3. The zero-order valence-corrected chi connectivity index (χ0v) is 17.1. The number of rotatable bonds is 6. The van der Waals surface area contributed by atoms with Crippen LogP contribution in [-0.2, 0) is 9.53 Å². The van der Waals surface area contributed by atoms with Crippen LogP contribution in [0.5, 0.6) is 5.75 Å². The van der Waals surface area contributed by atoms with Crippen LogP contribution in [0.1, 0.15) is 6.92 Å². The van der Waals surface area contributed by atoms with Crippen LogP contribution < -0.4 is 15.0 Å². The second-order valence-electron chi connectivity index (χ2n) is 7.29. The number of carbonyl (C=O) groups excluding carboxylic acids is 1. The number of nitrogens with zero attached hydrogens (tertiary/aromatic N) is 1. The van der Waals surface area contributed by atoms with Crippen LogP contribution in [0.25, 0.3) is 11.1 Å². The van der Waals surface area contributed by atoms with E-state index in [4.69, 9.17) is 9.47 Å².